The minimum Gasteiger partial charge on any atom is -0.490 e. The third-order valence-corrected chi connectivity index (χ3v) is 6.43. The Kier molecular flexibility index (Phi) is 8.04. The number of ether oxygens (including phenoxy) is 2. The molecule has 3 amide bonds. The van der Waals surface area contributed by atoms with Crippen molar-refractivity contribution in [2.45, 2.75) is 26.2 Å². The fourth-order valence-corrected chi connectivity index (χ4v) is 4.58. The lowest BCUT2D eigenvalue weighted by atomic mass is 10.1. The van der Waals surface area contributed by atoms with Crippen molar-refractivity contribution >= 4 is 50.8 Å². The Bertz CT molecular complexity index is 950. The maximum Gasteiger partial charge on any atom is 0.294 e. The molecule has 7 nitrogen and oxygen atoms in total. The molecule has 0 unspecified atom stereocenters. The van der Waals surface area contributed by atoms with Gasteiger partial charge in [-0.1, -0.05) is 21.9 Å². The van der Waals surface area contributed by atoms with Gasteiger partial charge in [0, 0.05) is 17.6 Å². The van der Waals surface area contributed by atoms with E-state index in [2.05, 4.69) is 21.9 Å². The fourth-order valence-electron chi connectivity index (χ4n) is 3.32. The Morgan fingerprint density at radius 3 is 2.61 bits per heavy atom. The number of carbonyl (C=O) groups excluding carboxylic acids is 3. The number of nitrogens with zero attached hydrogens (tertiary/aromatic N) is 2. The Morgan fingerprint density at radius 1 is 1.23 bits per heavy atom. The number of terminal acetylenes is 1. The number of piperidine rings is 1. The summed E-state index contributed by atoms with van der Waals surface area (Å²) in [6, 6.07) is 3.42. The van der Waals surface area contributed by atoms with Crippen LogP contribution < -0.4 is 9.47 Å². The number of imide groups is 1. The number of carbonyl (C=O) groups is 3. The molecule has 31 heavy (non-hydrogen) atoms. The molecule has 0 aromatic heterocycles. The van der Waals surface area contributed by atoms with Gasteiger partial charge >= 0.3 is 0 Å². The smallest absolute Gasteiger partial charge is 0.294 e. The van der Waals surface area contributed by atoms with Crippen molar-refractivity contribution in [3.05, 3.63) is 27.1 Å². The van der Waals surface area contributed by atoms with Gasteiger partial charge in [0.05, 0.1) is 11.5 Å². The second kappa shape index (κ2) is 10.7. The van der Waals surface area contributed by atoms with Crippen molar-refractivity contribution in [1.82, 2.24) is 9.80 Å². The monoisotopic (exact) mass is 506 g/mol. The molecule has 2 saturated heterocycles. The molecule has 164 valence electrons. The largest absolute Gasteiger partial charge is 0.490 e. The molecule has 2 heterocycles. The maximum absolute atomic E-state index is 12.8. The van der Waals surface area contributed by atoms with Crippen molar-refractivity contribution in [2.24, 2.45) is 0 Å². The molecule has 2 aliphatic heterocycles. The summed E-state index contributed by atoms with van der Waals surface area (Å²) in [6.45, 7) is 3.47. The Balaban J connectivity index is 1.79. The van der Waals surface area contributed by atoms with Gasteiger partial charge in [0.2, 0.25) is 5.91 Å². The molecule has 0 saturated carbocycles. The number of halogens is 1. The van der Waals surface area contributed by atoms with Gasteiger partial charge in [-0.15, -0.1) is 6.42 Å². The van der Waals surface area contributed by atoms with E-state index in [1.54, 1.807) is 23.1 Å². The van der Waals surface area contributed by atoms with Crippen molar-refractivity contribution in [3.8, 4) is 23.8 Å². The van der Waals surface area contributed by atoms with E-state index in [4.69, 9.17) is 15.9 Å². The van der Waals surface area contributed by atoms with Crippen molar-refractivity contribution in [1.29, 1.82) is 0 Å². The number of rotatable bonds is 7. The summed E-state index contributed by atoms with van der Waals surface area (Å²) >= 11 is 4.28. The fraction of sp³-hybridized carbons (Fsp3) is 0.409. The number of likely N-dealkylation sites (tertiary alicyclic amines) is 1. The molecule has 2 fully saturated rings. The van der Waals surface area contributed by atoms with Crippen molar-refractivity contribution in [2.75, 3.05) is 32.8 Å². The van der Waals surface area contributed by atoms with Crippen LogP contribution in [0.2, 0.25) is 0 Å². The molecule has 0 bridgehead atoms. The van der Waals surface area contributed by atoms with Crippen LogP contribution in [-0.4, -0.2) is 59.7 Å². The van der Waals surface area contributed by atoms with Crippen LogP contribution in [0.1, 0.15) is 31.7 Å². The number of hydrogen-bond donors (Lipinski definition) is 0. The van der Waals surface area contributed by atoms with E-state index in [1.807, 2.05) is 6.92 Å². The van der Waals surface area contributed by atoms with Gasteiger partial charge in [-0.25, -0.2) is 0 Å². The molecular weight excluding hydrogens is 484 g/mol. The lowest BCUT2D eigenvalue weighted by Gasteiger charge is -2.27. The van der Waals surface area contributed by atoms with Gasteiger partial charge in [-0.2, -0.15) is 0 Å². The first-order valence-electron chi connectivity index (χ1n) is 10.00. The second-order valence-corrected chi connectivity index (χ2v) is 8.80. The topological polar surface area (TPSA) is 76.2 Å². The average Bonchev–Trinajstić information content (AvgIpc) is 3.02. The van der Waals surface area contributed by atoms with Gasteiger partial charge in [0.25, 0.3) is 11.1 Å². The van der Waals surface area contributed by atoms with Gasteiger partial charge < -0.3 is 14.4 Å². The van der Waals surface area contributed by atoms with E-state index in [0.29, 0.717) is 41.2 Å². The average molecular weight is 507 g/mol. The highest BCUT2D eigenvalue weighted by atomic mass is 79.9. The zero-order chi connectivity index (χ0) is 22.4. The Morgan fingerprint density at radius 2 is 1.94 bits per heavy atom. The van der Waals surface area contributed by atoms with Gasteiger partial charge in [-0.05, 0) is 61.7 Å². The Hall–Kier alpha value is -2.44. The summed E-state index contributed by atoms with van der Waals surface area (Å²) in [4.78, 5) is 40.7. The number of amides is 3. The van der Waals surface area contributed by atoms with Crippen LogP contribution in [0.4, 0.5) is 4.79 Å². The van der Waals surface area contributed by atoms with E-state index >= 15 is 0 Å². The van der Waals surface area contributed by atoms with Crippen LogP contribution in [0.15, 0.2) is 21.5 Å². The number of thioether (sulfide) groups is 1. The van der Waals surface area contributed by atoms with Crippen molar-refractivity contribution in [3.63, 3.8) is 0 Å². The molecule has 0 atom stereocenters. The highest BCUT2D eigenvalue weighted by Crippen LogP contribution is 2.38. The third-order valence-electron chi connectivity index (χ3n) is 4.84. The third kappa shape index (κ3) is 5.63. The molecule has 1 aromatic rings. The highest BCUT2D eigenvalue weighted by Gasteiger charge is 2.37. The summed E-state index contributed by atoms with van der Waals surface area (Å²) < 4.78 is 11.8. The minimum atomic E-state index is -0.474. The standard InChI is InChI=1S/C22H23BrN2O5S/c1-3-10-30-18-13-16(23)15(11-17(18)29-4-2)12-19-21(27)25(22(28)31-19)14-20(26)24-8-6-5-7-9-24/h1,11-13H,4-10,14H2,2H3/b19-12-. The lowest BCUT2D eigenvalue weighted by Crippen LogP contribution is -2.44. The highest BCUT2D eigenvalue weighted by molar-refractivity contribution is 9.10. The van der Waals surface area contributed by atoms with Crippen LogP contribution >= 0.6 is 27.7 Å². The molecule has 0 aliphatic carbocycles. The van der Waals surface area contributed by atoms with Gasteiger partial charge in [0.1, 0.15) is 13.2 Å². The normalized spacial score (nSPS) is 17.8. The van der Waals surface area contributed by atoms with Crippen LogP contribution in [-0.2, 0) is 9.59 Å². The molecule has 2 aliphatic rings. The van der Waals surface area contributed by atoms with Crippen LogP contribution in [0.5, 0.6) is 11.5 Å². The number of benzene rings is 1. The van der Waals surface area contributed by atoms with E-state index in [9.17, 15) is 14.4 Å². The van der Waals surface area contributed by atoms with E-state index in [-0.39, 0.29) is 24.0 Å². The van der Waals surface area contributed by atoms with Crippen LogP contribution in [0.3, 0.4) is 0 Å². The SMILES string of the molecule is C#CCOc1cc(Br)c(/C=C2\SC(=O)N(CC(=O)N3CCCCC3)C2=O)cc1OCC. The molecule has 0 radical (unpaired) electrons. The zero-order valence-corrected chi connectivity index (χ0v) is 19.6. The van der Waals surface area contributed by atoms with Crippen LogP contribution in [0.25, 0.3) is 6.08 Å². The summed E-state index contributed by atoms with van der Waals surface area (Å²) in [5, 5.41) is -0.447. The second-order valence-electron chi connectivity index (χ2n) is 6.96. The summed E-state index contributed by atoms with van der Waals surface area (Å²) in [6.07, 6.45) is 9.86. The summed E-state index contributed by atoms with van der Waals surface area (Å²) in [5.41, 5.74) is 0.643. The molecule has 3 rings (SSSR count). The van der Waals surface area contributed by atoms with E-state index in [1.165, 1.54) is 0 Å². The maximum atomic E-state index is 12.8. The molecular formula is C22H23BrN2O5S. The first-order valence-corrected chi connectivity index (χ1v) is 11.6. The number of hydrogen-bond acceptors (Lipinski definition) is 6. The minimum absolute atomic E-state index is 0.0931. The Labute approximate surface area is 194 Å². The molecule has 1 aromatic carbocycles. The lowest BCUT2D eigenvalue weighted by molar-refractivity contribution is -0.136. The summed E-state index contributed by atoms with van der Waals surface area (Å²) in [5.74, 6) is 2.69. The van der Waals surface area contributed by atoms with E-state index in [0.717, 1.165) is 35.9 Å². The van der Waals surface area contributed by atoms with E-state index < -0.39 is 11.1 Å². The molecule has 9 heteroatoms. The predicted octanol–water partition coefficient (Wildman–Crippen LogP) is 3.91. The predicted molar refractivity (Wildman–Crippen MR) is 123 cm³/mol. The first kappa shape index (κ1) is 23.2. The van der Waals surface area contributed by atoms with Gasteiger partial charge in [-0.3, -0.25) is 19.3 Å². The molecule has 0 spiro atoms. The van der Waals surface area contributed by atoms with Crippen molar-refractivity contribution < 1.29 is 23.9 Å². The van der Waals surface area contributed by atoms with Crippen LogP contribution in [0, 0.1) is 12.3 Å². The molecule has 0 N–H and O–H groups in total. The van der Waals surface area contributed by atoms with Gasteiger partial charge in [0.15, 0.2) is 11.5 Å². The summed E-state index contributed by atoms with van der Waals surface area (Å²) in [7, 11) is 0. The zero-order valence-electron chi connectivity index (χ0n) is 17.2. The quantitative estimate of drug-likeness (QED) is 0.412. The first-order chi connectivity index (χ1) is 14.9.